The van der Waals surface area contributed by atoms with Gasteiger partial charge in [0.1, 0.15) is 5.71 Å². The average molecular weight is 430 g/mol. The fourth-order valence-corrected chi connectivity index (χ4v) is 4.38. The lowest BCUT2D eigenvalue weighted by Crippen LogP contribution is -2.11. The van der Waals surface area contributed by atoms with E-state index >= 15 is 0 Å². The van der Waals surface area contributed by atoms with Gasteiger partial charge in [-0.15, -0.1) is 0 Å². The number of carbonyl (C=O) groups excluding carboxylic acids is 2. The molecule has 1 aliphatic rings. The van der Waals surface area contributed by atoms with Crippen LogP contribution in [0.4, 0.5) is 0 Å². The maximum absolute atomic E-state index is 12.7. The molecule has 0 aliphatic heterocycles. The van der Waals surface area contributed by atoms with E-state index in [0.717, 1.165) is 20.9 Å². The van der Waals surface area contributed by atoms with Gasteiger partial charge in [-0.2, -0.15) is 0 Å². The molecule has 0 saturated carbocycles. The maximum Gasteiger partial charge on any atom is 0.366 e. The van der Waals surface area contributed by atoms with Gasteiger partial charge in [-0.1, -0.05) is 61.1 Å². The van der Waals surface area contributed by atoms with Crippen molar-refractivity contribution in [1.29, 1.82) is 0 Å². The van der Waals surface area contributed by atoms with E-state index in [-0.39, 0.29) is 11.5 Å². The number of oxime groups is 1. The zero-order valence-electron chi connectivity index (χ0n) is 17.7. The molecule has 0 unspecified atom stereocenters. The number of rotatable bonds is 5. The molecular weight excluding hydrogens is 406 g/mol. The van der Waals surface area contributed by atoms with Crippen molar-refractivity contribution in [2.75, 3.05) is 0 Å². The van der Waals surface area contributed by atoms with Crippen molar-refractivity contribution in [3.8, 4) is 0 Å². The molecule has 0 spiro atoms. The number of hydrogen-bond acceptors (Lipinski definition) is 5. The van der Waals surface area contributed by atoms with Crippen LogP contribution in [0.15, 0.2) is 81.7 Å². The third kappa shape index (κ3) is 4.62. The first-order valence-electron chi connectivity index (χ1n) is 10.2. The third-order valence-electron chi connectivity index (χ3n) is 5.33. The summed E-state index contributed by atoms with van der Waals surface area (Å²) in [6, 6.07) is 21.5. The first-order valence-corrected chi connectivity index (χ1v) is 11.0. The zero-order chi connectivity index (χ0) is 22.0. The van der Waals surface area contributed by atoms with Crippen molar-refractivity contribution < 1.29 is 14.4 Å². The monoisotopic (exact) mass is 429 g/mol. The van der Waals surface area contributed by atoms with Gasteiger partial charge in [0.05, 0.1) is 5.56 Å². The molecule has 0 bridgehead atoms. The molecule has 0 saturated heterocycles. The van der Waals surface area contributed by atoms with Gasteiger partial charge in [0.15, 0.2) is 0 Å². The molecule has 0 radical (unpaired) electrons. The minimum Gasteiger partial charge on any atom is -0.312 e. The standard InChI is InChI=1S/C26H23NO3S/c1-16(2)18-8-10-20(11-9-18)31-21-12-13-23-19(14-21)15-24(25(23)28)27-30-26(29)22-7-5-4-6-17(22)3/h4-14,16H,15H2,1-3H3. The molecule has 0 fully saturated rings. The topological polar surface area (TPSA) is 55.7 Å². The van der Waals surface area contributed by atoms with Gasteiger partial charge in [0, 0.05) is 21.8 Å². The fraction of sp³-hybridized carbons (Fsp3) is 0.192. The second kappa shape index (κ2) is 8.90. The Morgan fingerprint density at radius 1 is 1.00 bits per heavy atom. The number of carbonyl (C=O) groups is 2. The molecule has 156 valence electrons. The van der Waals surface area contributed by atoms with E-state index in [1.165, 1.54) is 5.56 Å². The van der Waals surface area contributed by atoms with Crippen molar-refractivity contribution >= 4 is 29.2 Å². The Kier molecular flexibility index (Phi) is 6.05. The number of fused-ring (bicyclic) bond motifs is 1. The van der Waals surface area contributed by atoms with Crippen LogP contribution in [0.1, 0.15) is 57.2 Å². The second-order valence-electron chi connectivity index (χ2n) is 7.88. The molecule has 0 amide bonds. The van der Waals surface area contributed by atoms with Gasteiger partial charge in [-0.3, -0.25) is 4.79 Å². The molecule has 4 nitrogen and oxygen atoms in total. The van der Waals surface area contributed by atoms with Crippen molar-refractivity contribution in [2.24, 2.45) is 5.16 Å². The number of nitrogens with zero attached hydrogens (tertiary/aromatic N) is 1. The van der Waals surface area contributed by atoms with Crippen LogP contribution in [0.25, 0.3) is 0 Å². The predicted octanol–water partition coefficient (Wildman–Crippen LogP) is 6.22. The van der Waals surface area contributed by atoms with Gasteiger partial charge in [-0.05, 0) is 65.9 Å². The van der Waals surface area contributed by atoms with Crippen LogP contribution in [-0.4, -0.2) is 17.5 Å². The Hall–Kier alpha value is -3.18. The molecule has 0 atom stereocenters. The highest BCUT2D eigenvalue weighted by Gasteiger charge is 2.28. The van der Waals surface area contributed by atoms with E-state index in [1.54, 1.807) is 23.9 Å². The lowest BCUT2D eigenvalue weighted by Gasteiger charge is -2.07. The maximum atomic E-state index is 12.7. The fourth-order valence-electron chi connectivity index (χ4n) is 3.50. The van der Waals surface area contributed by atoms with Gasteiger partial charge >= 0.3 is 5.97 Å². The van der Waals surface area contributed by atoms with Gasteiger partial charge in [-0.25, -0.2) is 4.79 Å². The summed E-state index contributed by atoms with van der Waals surface area (Å²) < 4.78 is 0. The highest BCUT2D eigenvalue weighted by atomic mass is 32.2. The SMILES string of the molecule is Cc1ccccc1C(=O)ON=C1Cc2cc(Sc3ccc(C(C)C)cc3)ccc2C1=O. The van der Waals surface area contributed by atoms with E-state index < -0.39 is 5.97 Å². The molecule has 5 heteroatoms. The van der Waals surface area contributed by atoms with Crippen molar-refractivity contribution in [2.45, 2.75) is 42.9 Å². The summed E-state index contributed by atoms with van der Waals surface area (Å²) in [6.07, 6.45) is 0.357. The summed E-state index contributed by atoms with van der Waals surface area (Å²) in [4.78, 5) is 32.2. The molecule has 0 heterocycles. The van der Waals surface area contributed by atoms with Crippen molar-refractivity contribution in [3.63, 3.8) is 0 Å². The highest BCUT2D eigenvalue weighted by molar-refractivity contribution is 7.99. The smallest absolute Gasteiger partial charge is 0.312 e. The average Bonchev–Trinajstić information content (AvgIpc) is 3.07. The number of hydrogen-bond donors (Lipinski definition) is 0. The highest BCUT2D eigenvalue weighted by Crippen LogP contribution is 2.32. The van der Waals surface area contributed by atoms with E-state index in [9.17, 15) is 9.59 Å². The van der Waals surface area contributed by atoms with Gasteiger partial charge in [0.25, 0.3) is 0 Å². The summed E-state index contributed by atoms with van der Waals surface area (Å²) in [5.74, 6) is -0.247. The third-order valence-corrected chi connectivity index (χ3v) is 6.33. The molecule has 0 N–H and O–H groups in total. The van der Waals surface area contributed by atoms with Gasteiger partial charge < -0.3 is 4.84 Å². The van der Waals surface area contributed by atoms with E-state index in [1.807, 2.05) is 37.3 Å². The second-order valence-corrected chi connectivity index (χ2v) is 9.03. The van der Waals surface area contributed by atoms with E-state index in [0.29, 0.717) is 23.5 Å². The summed E-state index contributed by atoms with van der Waals surface area (Å²) >= 11 is 1.66. The molecule has 0 aromatic heterocycles. The summed E-state index contributed by atoms with van der Waals surface area (Å²) in [5, 5.41) is 3.89. The molecule has 31 heavy (non-hydrogen) atoms. The lowest BCUT2D eigenvalue weighted by molar-refractivity contribution is 0.0514. The van der Waals surface area contributed by atoms with Crippen LogP contribution in [-0.2, 0) is 11.3 Å². The summed E-state index contributed by atoms with van der Waals surface area (Å²) in [5.41, 5.74) is 4.32. The molecule has 1 aliphatic carbocycles. The first-order chi connectivity index (χ1) is 14.9. The number of benzene rings is 3. The number of ketones is 1. The van der Waals surface area contributed by atoms with E-state index in [2.05, 4.69) is 43.3 Å². The zero-order valence-corrected chi connectivity index (χ0v) is 18.5. The van der Waals surface area contributed by atoms with Crippen LogP contribution in [0.2, 0.25) is 0 Å². The minimum absolute atomic E-state index is 0.189. The quantitative estimate of drug-likeness (QED) is 0.357. The summed E-state index contributed by atoms with van der Waals surface area (Å²) in [6.45, 7) is 6.18. The van der Waals surface area contributed by atoms with Crippen molar-refractivity contribution in [3.05, 3.63) is 94.5 Å². The Morgan fingerprint density at radius 3 is 2.42 bits per heavy atom. The van der Waals surface area contributed by atoms with E-state index in [4.69, 9.17) is 4.84 Å². The van der Waals surface area contributed by atoms with Crippen LogP contribution in [0, 0.1) is 6.92 Å². The van der Waals surface area contributed by atoms with Crippen LogP contribution < -0.4 is 0 Å². The Labute approximate surface area is 186 Å². The first kappa shape index (κ1) is 21.1. The normalized spacial score (nSPS) is 14.2. The predicted molar refractivity (Wildman–Crippen MR) is 123 cm³/mol. The summed E-state index contributed by atoms with van der Waals surface area (Å²) in [7, 11) is 0. The van der Waals surface area contributed by atoms with Crippen molar-refractivity contribution in [1.82, 2.24) is 0 Å². The Morgan fingerprint density at radius 2 is 1.71 bits per heavy atom. The number of aryl methyl sites for hydroxylation is 1. The molecule has 3 aromatic carbocycles. The van der Waals surface area contributed by atoms with Crippen LogP contribution in [0.5, 0.6) is 0 Å². The molecule has 4 rings (SSSR count). The number of Topliss-reactive ketones (excluding diaryl/α,β-unsaturated/α-hetero) is 1. The van der Waals surface area contributed by atoms with Gasteiger partial charge in [0.2, 0.25) is 5.78 Å². The Bertz CT molecular complexity index is 1180. The largest absolute Gasteiger partial charge is 0.366 e. The molecular formula is C26H23NO3S. The van der Waals surface area contributed by atoms with Crippen LogP contribution in [0.3, 0.4) is 0 Å². The Balaban J connectivity index is 1.47. The molecule has 3 aromatic rings. The minimum atomic E-state index is -0.560. The van der Waals surface area contributed by atoms with Crippen LogP contribution >= 0.6 is 11.8 Å². The lowest BCUT2D eigenvalue weighted by atomic mass is 10.0.